The van der Waals surface area contributed by atoms with Gasteiger partial charge in [0.15, 0.2) is 0 Å². The summed E-state index contributed by atoms with van der Waals surface area (Å²) >= 11 is 3.32. The lowest BCUT2D eigenvalue weighted by Crippen LogP contribution is -2.21. The molecule has 112 valence electrons. The van der Waals surface area contributed by atoms with Crippen LogP contribution in [0, 0.1) is 0 Å². The summed E-state index contributed by atoms with van der Waals surface area (Å²) in [5.41, 5.74) is 1.23. The third kappa shape index (κ3) is 5.09. The average molecular weight is 322 g/mol. The molecule has 0 saturated carbocycles. The molecule has 7 heteroatoms. The third-order valence-electron chi connectivity index (χ3n) is 2.90. The van der Waals surface area contributed by atoms with Crippen LogP contribution in [-0.2, 0) is 10.5 Å². The van der Waals surface area contributed by atoms with E-state index in [1.807, 2.05) is 24.5 Å². The van der Waals surface area contributed by atoms with Crippen molar-refractivity contribution in [2.75, 3.05) is 12.0 Å². The molecule has 0 fully saturated rings. The molecule has 5 nitrogen and oxygen atoms in total. The predicted octanol–water partition coefficient (Wildman–Crippen LogP) is 2.64. The van der Waals surface area contributed by atoms with Gasteiger partial charge in [0.2, 0.25) is 11.6 Å². The van der Waals surface area contributed by atoms with E-state index in [0.717, 1.165) is 17.9 Å². The Hall–Kier alpha value is -1.47. The van der Waals surface area contributed by atoms with Crippen molar-refractivity contribution in [3.8, 4) is 0 Å². The summed E-state index contributed by atoms with van der Waals surface area (Å²) in [6.45, 7) is 0. The van der Waals surface area contributed by atoms with Gasteiger partial charge in [0.05, 0.1) is 6.04 Å². The SMILES string of the molecule is CSCC[C@H](NC=O)c1nc(SCc2ccccc2)n[nH]1. The topological polar surface area (TPSA) is 70.7 Å². The van der Waals surface area contributed by atoms with Gasteiger partial charge in [0, 0.05) is 5.75 Å². The summed E-state index contributed by atoms with van der Waals surface area (Å²) in [6.07, 6.45) is 3.59. The Labute approximate surface area is 132 Å². The fourth-order valence-corrected chi connectivity index (χ4v) is 3.05. The van der Waals surface area contributed by atoms with Gasteiger partial charge in [-0.1, -0.05) is 42.1 Å². The highest BCUT2D eigenvalue weighted by Gasteiger charge is 2.15. The first-order valence-corrected chi connectivity index (χ1v) is 8.99. The molecule has 1 amide bonds. The fraction of sp³-hybridized carbons (Fsp3) is 0.357. The first-order chi connectivity index (χ1) is 10.3. The van der Waals surface area contributed by atoms with E-state index in [0.29, 0.717) is 17.4 Å². The quantitative estimate of drug-likeness (QED) is 0.548. The first kappa shape index (κ1) is 15.9. The number of carbonyl (C=O) groups excluding carboxylic acids is 1. The second kappa shape index (κ2) is 8.74. The summed E-state index contributed by atoms with van der Waals surface area (Å²) < 4.78 is 0. The number of H-pyrrole nitrogens is 1. The predicted molar refractivity (Wildman–Crippen MR) is 87.3 cm³/mol. The van der Waals surface area contributed by atoms with Gasteiger partial charge in [-0.15, -0.1) is 5.10 Å². The molecule has 0 spiro atoms. The summed E-state index contributed by atoms with van der Waals surface area (Å²) in [7, 11) is 0. The summed E-state index contributed by atoms with van der Waals surface area (Å²) in [5.74, 6) is 2.50. The van der Waals surface area contributed by atoms with Crippen LogP contribution in [0.25, 0.3) is 0 Å². The van der Waals surface area contributed by atoms with Gasteiger partial charge in [0.25, 0.3) is 0 Å². The van der Waals surface area contributed by atoms with Crippen LogP contribution < -0.4 is 5.32 Å². The number of rotatable bonds is 9. The number of aromatic nitrogens is 3. The zero-order valence-corrected chi connectivity index (χ0v) is 13.4. The molecule has 21 heavy (non-hydrogen) atoms. The smallest absolute Gasteiger partial charge is 0.208 e. The molecule has 1 aromatic heterocycles. The lowest BCUT2D eigenvalue weighted by Gasteiger charge is -2.11. The van der Waals surface area contributed by atoms with Crippen molar-refractivity contribution in [3.63, 3.8) is 0 Å². The molecule has 0 bridgehead atoms. The van der Waals surface area contributed by atoms with Crippen molar-refractivity contribution in [2.24, 2.45) is 0 Å². The summed E-state index contributed by atoms with van der Waals surface area (Å²) in [5, 5.41) is 10.6. The van der Waals surface area contributed by atoms with Gasteiger partial charge in [-0.2, -0.15) is 11.8 Å². The molecule has 0 radical (unpaired) electrons. The number of benzene rings is 1. The number of nitrogens with one attached hydrogen (secondary N) is 2. The maximum Gasteiger partial charge on any atom is 0.208 e. The molecule has 0 aliphatic carbocycles. The number of hydrogen-bond donors (Lipinski definition) is 2. The van der Waals surface area contributed by atoms with Gasteiger partial charge >= 0.3 is 0 Å². The molecular weight excluding hydrogens is 304 g/mol. The van der Waals surface area contributed by atoms with Crippen LogP contribution in [0.15, 0.2) is 35.5 Å². The number of hydrogen-bond acceptors (Lipinski definition) is 5. The van der Waals surface area contributed by atoms with Gasteiger partial charge in [-0.3, -0.25) is 9.89 Å². The second-order valence-electron chi connectivity index (χ2n) is 4.40. The number of aromatic amines is 1. The maximum atomic E-state index is 10.7. The molecular formula is C14H18N4OS2. The highest BCUT2D eigenvalue weighted by atomic mass is 32.2. The van der Waals surface area contributed by atoms with Gasteiger partial charge in [-0.25, -0.2) is 4.98 Å². The minimum Gasteiger partial charge on any atom is -0.349 e. The number of thioether (sulfide) groups is 2. The zero-order valence-electron chi connectivity index (χ0n) is 11.8. The molecule has 1 aromatic carbocycles. The van der Waals surface area contributed by atoms with E-state index >= 15 is 0 Å². The van der Waals surface area contributed by atoms with Gasteiger partial charge in [0.1, 0.15) is 5.82 Å². The second-order valence-corrected chi connectivity index (χ2v) is 6.32. The standard InChI is InChI=1S/C14H18N4OS2/c1-20-8-7-12(15-10-19)13-16-14(18-17-13)21-9-11-5-3-2-4-6-11/h2-6,10,12H,7-9H2,1H3,(H,15,19)(H,16,17,18)/t12-/m0/s1. The van der Waals surface area contributed by atoms with Crippen molar-refractivity contribution in [1.82, 2.24) is 20.5 Å². The van der Waals surface area contributed by atoms with Crippen molar-refractivity contribution in [1.29, 1.82) is 0 Å². The molecule has 1 heterocycles. The first-order valence-electron chi connectivity index (χ1n) is 6.61. The Morgan fingerprint density at radius 2 is 2.19 bits per heavy atom. The molecule has 0 aliphatic heterocycles. The largest absolute Gasteiger partial charge is 0.349 e. The Balaban J connectivity index is 1.94. The monoisotopic (exact) mass is 322 g/mol. The fourth-order valence-electron chi connectivity index (χ4n) is 1.82. The van der Waals surface area contributed by atoms with Crippen molar-refractivity contribution in [2.45, 2.75) is 23.4 Å². The zero-order chi connectivity index (χ0) is 14.9. The van der Waals surface area contributed by atoms with Crippen LogP contribution in [-0.4, -0.2) is 33.6 Å². The molecule has 0 saturated heterocycles. The van der Waals surface area contributed by atoms with Crippen molar-refractivity contribution in [3.05, 3.63) is 41.7 Å². The minimum absolute atomic E-state index is 0.103. The Bertz CT molecular complexity index is 547. The van der Waals surface area contributed by atoms with Crippen LogP contribution in [0.3, 0.4) is 0 Å². The Kier molecular flexibility index (Phi) is 6.62. The molecule has 0 aliphatic rings. The van der Waals surface area contributed by atoms with Crippen molar-refractivity contribution >= 4 is 29.9 Å². The van der Waals surface area contributed by atoms with E-state index in [-0.39, 0.29) is 6.04 Å². The highest BCUT2D eigenvalue weighted by molar-refractivity contribution is 7.98. The van der Waals surface area contributed by atoms with E-state index in [4.69, 9.17) is 0 Å². The normalized spacial score (nSPS) is 12.0. The molecule has 2 rings (SSSR count). The molecule has 2 N–H and O–H groups in total. The molecule has 1 atom stereocenters. The lowest BCUT2D eigenvalue weighted by atomic mass is 10.2. The van der Waals surface area contributed by atoms with Crippen molar-refractivity contribution < 1.29 is 4.79 Å². The van der Waals surface area contributed by atoms with Crippen LogP contribution in [0.5, 0.6) is 0 Å². The van der Waals surface area contributed by atoms with Crippen LogP contribution in [0.4, 0.5) is 0 Å². The van der Waals surface area contributed by atoms with Crippen LogP contribution in [0.1, 0.15) is 23.9 Å². The maximum absolute atomic E-state index is 10.7. The van der Waals surface area contributed by atoms with E-state index < -0.39 is 0 Å². The van der Waals surface area contributed by atoms with Crippen LogP contribution in [0.2, 0.25) is 0 Å². The molecule has 2 aromatic rings. The van der Waals surface area contributed by atoms with E-state index in [1.165, 1.54) is 5.56 Å². The Morgan fingerprint density at radius 1 is 1.38 bits per heavy atom. The van der Waals surface area contributed by atoms with E-state index in [1.54, 1.807) is 23.5 Å². The minimum atomic E-state index is -0.103. The summed E-state index contributed by atoms with van der Waals surface area (Å²) in [4.78, 5) is 15.1. The van der Waals surface area contributed by atoms with Gasteiger partial charge in [-0.05, 0) is 24.0 Å². The van der Waals surface area contributed by atoms with E-state index in [2.05, 4.69) is 32.6 Å². The lowest BCUT2D eigenvalue weighted by molar-refractivity contribution is -0.110. The van der Waals surface area contributed by atoms with Gasteiger partial charge < -0.3 is 5.32 Å². The molecule has 0 unspecified atom stereocenters. The number of nitrogens with zero attached hydrogens (tertiary/aromatic N) is 2. The number of amides is 1. The average Bonchev–Trinajstić information content (AvgIpc) is 2.99. The van der Waals surface area contributed by atoms with Crippen LogP contribution >= 0.6 is 23.5 Å². The summed E-state index contributed by atoms with van der Waals surface area (Å²) in [6, 6.07) is 10.1. The highest BCUT2D eigenvalue weighted by Crippen LogP contribution is 2.21. The third-order valence-corrected chi connectivity index (χ3v) is 4.47. The Morgan fingerprint density at radius 3 is 2.90 bits per heavy atom. The number of carbonyl (C=O) groups is 1. The van der Waals surface area contributed by atoms with E-state index in [9.17, 15) is 4.79 Å².